The molecule has 0 aliphatic rings. The molecule has 7 heteroatoms. The van der Waals surface area contributed by atoms with Crippen molar-refractivity contribution in [1.82, 2.24) is 5.32 Å². The molecular weight excluding hydrogens is 413 g/mol. The van der Waals surface area contributed by atoms with E-state index in [9.17, 15) is 9.36 Å². The van der Waals surface area contributed by atoms with E-state index >= 15 is 0 Å². The number of benzene rings is 2. The van der Waals surface area contributed by atoms with Gasteiger partial charge in [-0.25, -0.2) is 0 Å². The van der Waals surface area contributed by atoms with Gasteiger partial charge < -0.3 is 13.8 Å². The molecule has 0 heterocycles. The number of hydrogen-bond acceptors (Lipinski definition) is 6. The Kier molecular flexibility index (Phi) is 10.4. The van der Waals surface area contributed by atoms with E-state index in [1.807, 2.05) is 81.4 Å². The number of esters is 1. The lowest BCUT2D eigenvalue weighted by atomic mass is 10.0. The minimum absolute atomic E-state index is 0.151. The fraction of sp³-hybridized carbons (Fsp3) is 0.458. The maximum atomic E-state index is 14.0. The molecule has 0 fully saturated rings. The average molecular weight is 448 g/mol. The van der Waals surface area contributed by atoms with Crippen LogP contribution in [0.25, 0.3) is 0 Å². The molecule has 1 N–H and O–H groups in total. The van der Waals surface area contributed by atoms with Gasteiger partial charge in [0.1, 0.15) is 11.8 Å². The molecule has 0 aromatic heterocycles. The monoisotopic (exact) mass is 447 g/mol. The summed E-state index contributed by atoms with van der Waals surface area (Å²) < 4.78 is 30.8. The molecule has 0 unspecified atom stereocenters. The van der Waals surface area contributed by atoms with Gasteiger partial charge in [-0.3, -0.25) is 14.7 Å². The van der Waals surface area contributed by atoms with E-state index in [-0.39, 0.29) is 25.1 Å². The second kappa shape index (κ2) is 12.8. The summed E-state index contributed by atoms with van der Waals surface area (Å²) in [7, 11) is -2.27. The van der Waals surface area contributed by atoms with Gasteiger partial charge in [-0.2, -0.15) is 0 Å². The van der Waals surface area contributed by atoms with Crippen LogP contribution in [0.3, 0.4) is 0 Å². The van der Waals surface area contributed by atoms with Crippen LogP contribution in [-0.4, -0.2) is 24.9 Å². The molecule has 170 valence electrons. The highest BCUT2D eigenvalue weighted by molar-refractivity contribution is 7.54. The minimum atomic E-state index is -3.63. The van der Waals surface area contributed by atoms with Crippen molar-refractivity contribution in [2.45, 2.75) is 58.7 Å². The first-order valence-corrected chi connectivity index (χ1v) is 12.3. The number of nitrogens with one attached hydrogen (secondary N) is 1. The fourth-order valence-electron chi connectivity index (χ4n) is 3.21. The predicted molar refractivity (Wildman–Crippen MR) is 123 cm³/mol. The van der Waals surface area contributed by atoms with Crippen molar-refractivity contribution < 1.29 is 23.1 Å². The summed E-state index contributed by atoms with van der Waals surface area (Å²) in [4.78, 5) is 12.3. The Morgan fingerprint density at radius 3 is 1.81 bits per heavy atom. The molecule has 0 radical (unpaired) electrons. The van der Waals surface area contributed by atoms with Gasteiger partial charge in [0.2, 0.25) is 0 Å². The van der Waals surface area contributed by atoms with Gasteiger partial charge in [-0.1, -0.05) is 81.4 Å². The zero-order chi connectivity index (χ0) is 22.7. The van der Waals surface area contributed by atoms with Crippen LogP contribution in [-0.2, 0) is 36.4 Å². The number of ether oxygens (including phenoxy) is 1. The summed E-state index contributed by atoms with van der Waals surface area (Å²) in [5.41, 5.74) is 1.79. The maximum absolute atomic E-state index is 14.0. The van der Waals surface area contributed by atoms with Gasteiger partial charge in [0.15, 0.2) is 0 Å². The molecule has 2 rings (SSSR count). The molecule has 2 aromatic carbocycles. The molecule has 0 amide bonds. The number of carbonyl (C=O) groups excluding carboxylic acids is 1. The number of rotatable bonds is 13. The van der Waals surface area contributed by atoms with Gasteiger partial charge in [-0.05, 0) is 29.9 Å². The first-order valence-electron chi connectivity index (χ1n) is 10.7. The van der Waals surface area contributed by atoms with Gasteiger partial charge >= 0.3 is 13.6 Å². The Morgan fingerprint density at radius 2 is 1.42 bits per heavy atom. The zero-order valence-electron chi connectivity index (χ0n) is 18.8. The predicted octanol–water partition coefficient (Wildman–Crippen LogP) is 5.53. The van der Waals surface area contributed by atoms with Crippen LogP contribution >= 0.6 is 7.60 Å². The fourth-order valence-corrected chi connectivity index (χ4v) is 5.11. The molecule has 0 bridgehead atoms. The third kappa shape index (κ3) is 8.23. The van der Waals surface area contributed by atoms with Gasteiger partial charge in [0.25, 0.3) is 0 Å². The van der Waals surface area contributed by atoms with E-state index in [1.165, 1.54) is 7.11 Å². The molecular formula is C24H34NO5P. The Morgan fingerprint density at radius 1 is 0.935 bits per heavy atom. The van der Waals surface area contributed by atoms with Crippen molar-refractivity contribution in [3.63, 3.8) is 0 Å². The maximum Gasteiger partial charge on any atom is 0.348 e. The second-order valence-corrected chi connectivity index (χ2v) is 10.1. The smallest absolute Gasteiger partial charge is 0.348 e. The van der Waals surface area contributed by atoms with Crippen molar-refractivity contribution in [2.75, 3.05) is 7.11 Å². The summed E-state index contributed by atoms with van der Waals surface area (Å²) in [5, 5.41) is 3.21. The quantitative estimate of drug-likeness (QED) is 0.322. The van der Waals surface area contributed by atoms with Crippen LogP contribution < -0.4 is 5.32 Å². The van der Waals surface area contributed by atoms with Crippen LogP contribution in [0.15, 0.2) is 60.7 Å². The van der Waals surface area contributed by atoms with E-state index in [0.717, 1.165) is 11.1 Å². The molecule has 6 nitrogen and oxygen atoms in total. The van der Waals surface area contributed by atoms with Crippen molar-refractivity contribution in [3.8, 4) is 0 Å². The molecule has 0 saturated carbocycles. The van der Waals surface area contributed by atoms with Crippen LogP contribution in [0, 0.1) is 5.92 Å². The van der Waals surface area contributed by atoms with E-state index < -0.39 is 19.4 Å². The molecule has 31 heavy (non-hydrogen) atoms. The van der Waals surface area contributed by atoms with Crippen LogP contribution in [0.4, 0.5) is 0 Å². The summed E-state index contributed by atoms with van der Waals surface area (Å²) in [6.07, 6.45) is 1.02. The lowest BCUT2D eigenvalue weighted by Crippen LogP contribution is -2.44. The highest BCUT2D eigenvalue weighted by Crippen LogP contribution is 2.54. The highest BCUT2D eigenvalue weighted by atomic mass is 31.2. The van der Waals surface area contributed by atoms with Gasteiger partial charge in [0.05, 0.1) is 20.3 Å². The van der Waals surface area contributed by atoms with Crippen molar-refractivity contribution in [1.29, 1.82) is 0 Å². The van der Waals surface area contributed by atoms with Crippen LogP contribution in [0.1, 0.15) is 44.7 Å². The number of hydrogen-bond donors (Lipinski definition) is 1. The molecule has 2 aromatic rings. The largest absolute Gasteiger partial charge is 0.468 e. The Labute approximate surface area is 185 Å². The van der Waals surface area contributed by atoms with E-state index in [2.05, 4.69) is 5.32 Å². The third-order valence-corrected chi connectivity index (χ3v) is 7.12. The van der Waals surface area contributed by atoms with E-state index in [4.69, 9.17) is 13.8 Å². The van der Waals surface area contributed by atoms with Crippen molar-refractivity contribution in [2.24, 2.45) is 5.92 Å². The lowest BCUT2D eigenvalue weighted by Gasteiger charge is -2.30. The van der Waals surface area contributed by atoms with Crippen molar-refractivity contribution >= 4 is 13.6 Å². The van der Waals surface area contributed by atoms with Crippen molar-refractivity contribution in [3.05, 3.63) is 71.8 Å². The summed E-state index contributed by atoms with van der Waals surface area (Å²) in [6.45, 7) is 6.24. The topological polar surface area (TPSA) is 73.9 Å². The second-order valence-electron chi connectivity index (χ2n) is 7.85. The molecule has 0 spiro atoms. The summed E-state index contributed by atoms with van der Waals surface area (Å²) >= 11 is 0. The standard InChI is InChI=1S/C24H34NO5P/c1-5-23(25-22(16-19(2)3)24(26)28-4)31(27,29-17-20-12-8-6-9-13-20)30-18-21-14-10-7-11-15-21/h6-15,19,22-23,25H,5,16-18H2,1-4H3/t22-,23+/m1/s1. The summed E-state index contributed by atoms with van der Waals surface area (Å²) in [6, 6.07) is 18.5. The Hall–Kier alpha value is -1.98. The first-order chi connectivity index (χ1) is 14.9. The third-order valence-electron chi connectivity index (χ3n) is 4.86. The van der Waals surface area contributed by atoms with E-state index in [1.54, 1.807) is 0 Å². The zero-order valence-corrected chi connectivity index (χ0v) is 19.7. The lowest BCUT2D eigenvalue weighted by molar-refractivity contribution is -0.143. The normalized spacial score (nSPS) is 13.7. The van der Waals surface area contributed by atoms with Crippen LogP contribution in [0.2, 0.25) is 0 Å². The van der Waals surface area contributed by atoms with Crippen LogP contribution in [0.5, 0.6) is 0 Å². The Bertz CT molecular complexity index is 781. The number of carbonyl (C=O) groups is 1. The van der Waals surface area contributed by atoms with E-state index in [0.29, 0.717) is 12.8 Å². The Balaban J connectivity index is 2.23. The van der Waals surface area contributed by atoms with Gasteiger partial charge in [-0.15, -0.1) is 0 Å². The van der Waals surface area contributed by atoms with Gasteiger partial charge in [0, 0.05) is 0 Å². The molecule has 0 aliphatic carbocycles. The average Bonchev–Trinajstić information content (AvgIpc) is 2.79. The highest BCUT2D eigenvalue weighted by Gasteiger charge is 2.38. The molecule has 2 atom stereocenters. The number of methoxy groups -OCH3 is 1. The summed E-state index contributed by atoms with van der Waals surface area (Å²) in [5.74, 6) is -0.781. The SMILES string of the molecule is CC[C@@H](N[C@H](CC(C)C)C(=O)OC)P(=O)(OCc1ccccc1)OCc1ccccc1. The first kappa shape index (κ1) is 25.3. The molecule has 0 saturated heterocycles. The molecule has 0 aliphatic heterocycles. The minimum Gasteiger partial charge on any atom is -0.468 e.